The summed E-state index contributed by atoms with van der Waals surface area (Å²) >= 11 is 1.29. The third kappa shape index (κ3) is 3.00. The van der Waals surface area contributed by atoms with Gasteiger partial charge in [-0.3, -0.25) is 9.36 Å². The van der Waals surface area contributed by atoms with E-state index in [1.165, 1.54) is 23.9 Å². The number of para-hydroxylation sites is 1. The Labute approximate surface area is 157 Å². The van der Waals surface area contributed by atoms with Gasteiger partial charge in [0, 0.05) is 17.0 Å². The van der Waals surface area contributed by atoms with Crippen molar-refractivity contribution < 1.29 is 8.78 Å². The molecule has 4 nitrogen and oxygen atoms in total. The highest BCUT2D eigenvalue weighted by Crippen LogP contribution is 2.29. The van der Waals surface area contributed by atoms with Gasteiger partial charge in [-0.15, -0.1) is 0 Å². The minimum atomic E-state index is -0.838. The van der Waals surface area contributed by atoms with E-state index in [-0.39, 0.29) is 5.65 Å². The quantitative estimate of drug-likeness (QED) is 0.389. The maximum atomic E-state index is 14.4. The number of benzene rings is 2. The van der Waals surface area contributed by atoms with Gasteiger partial charge < -0.3 is 0 Å². The van der Waals surface area contributed by atoms with Gasteiger partial charge in [0.15, 0.2) is 10.8 Å². The normalized spacial score (nSPS) is 11.1. The summed E-state index contributed by atoms with van der Waals surface area (Å²) in [7, 11) is 0. The van der Waals surface area contributed by atoms with Crippen LogP contribution in [-0.2, 0) is 0 Å². The second kappa shape index (κ2) is 6.92. The third-order valence-corrected chi connectivity index (χ3v) is 4.67. The number of thioether (sulfide) groups is 1. The topological polar surface area (TPSA) is 47.8 Å². The van der Waals surface area contributed by atoms with Crippen molar-refractivity contribution in [2.45, 2.75) is 5.16 Å². The molecule has 0 atom stereocenters. The maximum Gasteiger partial charge on any atom is 0.256 e. The van der Waals surface area contributed by atoms with Crippen LogP contribution in [0.5, 0.6) is 0 Å². The van der Waals surface area contributed by atoms with E-state index in [0.29, 0.717) is 16.2 Å². The van der Waals surface area contributed by atoms with Crippen LogP contribution >= 0.6 is 11.8 Å². The monoisotopic (exact) mass is 381 g/mol. The van der Waals surface area contributed by atoms with Crippen LogP contribution < -0.4 is 5.56 Å². The number of pyridine rings is 1. The first kappa shape index (κ1) is 17.4. The van der Waals surface area contributed by atoms with Gasteiger partial charge in [-0.1, -0.05) is 48.2 Å². The zero-order valence-corrected chi connectivity index (χ0v) is 15.0. The Bertz CT molecular complexity index is 1190. The third-order valence-electron chi connectivity index (χ3n) is 4.12. The molecule has 0 bridgehead atoms. The van der Waals surface area contributed by atoms with Crippen molar-refractivity contribution in [3.63, 3.8) is 0 Å². The van der Waals surface area contributed by atoms with Gasteiger partial charge in [0.05, 0.1) is 5.69 Å². The molecule has 4 aromatic rings. The van der Waals surface area contributed by atoms with Gasteiger partial charge in [-0.2, -0.15) is 0 Å². The molecule has 27 heavy (non-hydrogen) atoms. The Kier molecular flexibility index (Phi) is 4.45. The van der Waals surface area contributed by atoms with Gasteiger partial charge in [0.1, 0.15) is 17.3 Å². The van der Waals surface area contributed by atoms with Crippen LogP contribution in [0.3, 0.4) is 0 Å². The van der Waals surface area contributed by atoms with Gasteiger partial charge in [0.25, 0.3) is 5.56 Å². The molecule has 0 spiro atoms. The summed E-state index contributed by atoms with van der Waals surface area (Å²) in [5.74, 6) is -1.68. The molecule has 2 aromatic carbocycles. The lowest BCUT2D eigenvalue weighted by Gasteiger charge is -2.14. The fourth-order valence-electron chi connectivity index (χ4n) is 2.92. The van der Waals surface area contributed by atoms with Crippen LogP contribution in [0.2, 0.25) is 0 Å². The van der Waals surface area contributed by atoms with E-state index >= 15 is 0 Å². The van der Waals surface area contributed by atoms with Crippen LogP contribution in [0.4, 0.5) is 8.78 Å². The molecule has 0 N–H and O–H groups in total. The largest absolute Gasteiger partial charge is 0.269 e. The Morgan fingerprint density at radius 1 is 0.889 bits per heavy atom. The van der Waals surface area contributed by atoms with E-state index in [9.17, 15) is 13.6 Å². The van der Waals surface area contributed by atoms with Crippen molar-refractivity contribution in [3.8, 4) is 16.9 Å². The molecule has 2 aromatic heterocycles. The Hall–Kier alpha value is -3.06. The Morgan fingerprint density at radius 3 is 2.26 bits per heavy atom. The highest BCUT2D eigenvalue weighted by atomic mass is 32.2. The van der Waals surface area contributed by atoms with Gasteiger partial charge in [-0.25, -0.2) is 18.7 Å². The molecule has 0 saturated heterocycles. The first-order chi connectivity index (χ1) is 13.1. The molecule has 0 aliphatic rings. The van der Waals surface area contributed by atoms with Crippen LogP contribution in [0.25, 0.3) is 28.0 Å². The summed E-state index contributed by atoms with van der Waals surface area (Å²) in [6.07, 6.45) is 1.80. The lowest BCUT2D eigenvalue weighted by Crippen LogP contribution is -2.21. The Balaban J connectivity index is 2.16. The predicted molar refractivity (Wildman–Crippen MR) is 102 cm³/mol. The number of halogens is 2. The molecule has 0 unspecified atom stereocenters. The van der Waals surface area contributed by atoms with Crippen molar-refractivity contribution in [1.29, 1.82) is 0 Å². The summed E-state index contributed by atoms with van der Waals surface area (Å²) in [5, 5.41) is 0.929. The van der Waals surface area contributed by atoms with E-state index in [0.717, 1.165) is 22.3 Å². The summed E-state index contributed by atoms with van der Waals surface area (Å²) < 4.78 is 29.8. The van der Waals surface area contributed by atoms with Crippen molar-refractivity contribution in [2.24, 2.45) is 0 Å². The first-order valence-electron chi connectivity index (χ1n) is 8.08. The highest BCUT2D eigenvalue weighted by Gasteiger charge is 2.19. The minimum absolute atomic E-state index is 0.157. The zero-order chi connectivity index (χ0) is 19.0. The molecule has 0 aliphatic heterocycles. The number of hydrogen-bond donors (Lipinski definition) is 0. The molecule has 2 heterocycles. The molecule has 134 valence electrons. The van der Waals surface area contributed by atoms with Gasteiger partial charge in [0.2, 0.25) is 0 Å². The number of nitrogens with zero attached hydrogens (tertiary/aromatic N) is 3. The maximum absolute atomic E-state index is 14.4. The molecule has 7 heteroatoms. The van der Waals surface area contributed by atoms with E-state index in [4.69, 9.17) is 0 Å². The Morgan fingerprint density at radius 2 is 1.59 bits per heavy atom. The van der Waals surface area contributed by atoms with Crippen molar-refractivity contribution in [2.75, 3.05) is 6.26 Å². The first-order valence-corrected chi connectivity index (χ1v) is 9.30. The van der Waals surface area contributed by atoms with Crippen LogP contribution in [0.1, 0.15) is 0 Å². The number of hydrogen-bond acceptors (Lipinski definition) is 4. The SMILES string of the molecule is CSc1nc(-c2ccccc2)c2ccc(=O)n(-c3c(F)cccc3F)c2n1. The molecule has 4 rings (SSSR count). The van der Waals surface area contributed by atoms with Crippen molar-refractivity contribution in [3.05, 3.63) is 82.7 Å². The molecule has 0 amide bonds. The van der Waals surface area contributed by atoms with Crippen LogP contribution in [0.15, 0.2) is 70.6 Å². The summed E-state index contributed by atoms with van der Waals surface area (Å²) in [4.78, 5) is 21.5. The lowest BCUT2D eigenvalue weighted by molar-refractivity contribution is 0.568. The molecule has 0 radical (unpaired) electrons. The second-order valence-electron chi connectivity index (χ2n) is 5.74. The minimum Gasteiger partial charge on any atom is -0.269 e. The van der Waals surface area contributed by atoms with Crippen LogP contribution in [0, 0.1) is 11.6 Å². The molecule has 0 aliphatic carbocycles. The van der Waals surface area contributed by atoms with Crippen LogP contribution in [-0.4, -0.2) is 20.8 Å². The van der Waals surface area contributed by atoms with Crippen molar-refractivity contribution in [1.82, 2.24) is 14.5 Å². The molecule has 0 fully saturated rings. The van der Waals surface area contributed by atoms with Crippen molar-refractivity contribution >= 4 is 22.8 Å². The van der Waals surface area contributed by atoms with E-state index in [2.05, 4.69) is 9.97 Å². The fraction of sp³-hybridized carbons (Fsp3) is 0.0500. The summed E-state index contributed by atoms with van der Waals surface area (Å²) in [6, 6.07) is 15.7. The number of aromatic nitrogens is 3. The van der Waals surface area contributed by atoms with Gasteiger partial charge in [-0.05, 0) is 24.5 Å². The van der Waals surface area contributed by atoms with E-state index < -0.39 is 22.9 Å². The van der Waals surface area contributed by atoms with E-state index in [1.807, 2.05) is 30.3 Å². The predicted octanol–water partition coefficient (Wildman–Crippen LogP) is 4.45. The average molecular weight is 381 g/mol. The highest BCUT2D eigenvalue weighted by molar-refractivity contribution is 7.98. The average Bonchev–Trinajstić information content (AvgIpc) is 2.69. The smallest absolute Gasteiger partial charge is 0.256 e. The number of rotatable bonds is 3. The standard InChI is InChI=1S/C20H13F2N3OS/c1-27-20-23-17(12-6-3-2-4-7-12)13-10-11-16(26)25(19(13)24-20)18-14(21)8-5-9-15(18)22/h2-11H,1H3. The van der Waals surface area contributed by atoms with Gasteiger partial charge >= 0.3 is 0 Å². The summed E-state index contributed by atoms with van der Waals surface area (Å²) in [6.45, 7) is 0. The fourth-order valence-corrected chi connectivity index (χ4v) is 3.28. The number of fused-ring (bicyclic) bond motifs is 1. The molecular formula is C20H13F2N3OS. The lowest BCUT2D eigenvalue weighted by atomic mass is 10.1. The summed E-state index contributed by atoms with van der Waals surface area (Å²) in [5.41, 5.74) is 0.550. The molecule has 0 saturated carbocycles. The second-order valence-corrected chi connectivity index (χ2v) is 6.51. The molecular weight excluding hydrogens is 368 g/mol. The van der Waals surface area contributed by atoms with E-state index in [1.54, 1.807) is 12.3 Å². The zero-order valence-electron chi connectivity index (χ0n) is 14.2.